The highest BCUT2D eigenvalue weighted by molar-refractivity contribution is 5.95. The fraction of sp³-hybridized carbons (Fsp3) is 0.765. The van der Waals surface area contributed by atoms with Gasteiger partial charge in [-0.2, -0.15) is 0 Å². The Morgan fingerprint density at radius 1 is 0.659 bits per heavy atom. The summed E-state index contributed by atoms with van der Waals surface area (Å²) in [5.41, 5.74) is 0.371. The standard InChI is InChI=1S/C34H52N2O8/c1-29(2)17-33(18-30(3,4)35(29)9)41-15-21(43-33)13-25-23(27(37)38)11-12-24(28(39)40)26(25)14-22-16-42-34(44-22)19-31(5,6)36(10)32(7,8)20-34/h11-12,21-22H,13-20H2,1-10H3,(H,37,38)(H,39,40). The second-order valence-corrected chi connectivity index (χ2v) is 16.1. The first kappa shape index (κ1) is 33.3. The number of likely N-dealkylation sites (tertiary alicyclic amines) is 2. The summed E-state index contributed by atoms with van der Waals surface area (Å²) in [7, 11) is 4.24. The summed E-state index contributed by atoms with van der Waals surface area (Å²) in [6, 6.07) is 2.79. The molecule has 0 amide bonds. The molecule has 4 fully saturated rings. The molecule has 5 rings (SSSR count). The molecule has 0 aliphatic carbocycles. The molecule has 0 bridgehead atoms. The number of carboxylic acid groups (broad SMARTS) is 2. The van der Waals surface area contributed by atoms with Crippen molar-refractivity contribution in [3.63, 3.8) is 0 Å². The summed E-state index contributed by atoms with van der Waals surface area (Å²) in [6.07, 6.45) is 2.27. The molecular weight excluding hydrogens is 564 g/mol. The monoisotopic (exact) mass is 616 g/mol. The number of nitrogens with zero attached hydrogens (tertiary/aromatic N) is 2. The first-order valence-corrected chi connectivity index (χ1v) is 15.8. The number of aromatic carboxylic acids is 2. The van der Waals surface area contributed by atoms with E-state index in [2.05, 4.69) is 79.3 Å². The predicted molar refractivity (Wildman–Crippen MR) is 165 cm³/mol. The van der Waals surface area contributed by atoms with Crippen LogP contribution in [0.5, 0.6) is 0 Å². The van der Waals surface area contributed by atoms with E-state index in [1.807, 2.05) is 0 Å². The van der Waals surface area contributed by atoms with Gasteiger partial charge >= 0.3 is 11.9 Å². The Morgan fingerprint density at radius 3 is 1.23 bits per heavy atom. The van der Waals surface area contributed by atoms with Gasteiger partial charge in [0.25, 0.3) is 0 Å². The Morgan fingerprint density at radius 2 is 0.955 bits per heavy atom. The third-order valence-corrected chi connectivity index (χ3v) is 11.0. The van der Waals surface area contributed by atoms with Gasteiger partial charge < -0.3 is 29.2 Å². The maximum atomic E-state index is 12.5. The molecule has 2 spiro atoms. The summed E-state index contributed by atoms with van der Waals surface area (Å²) in [4.78, 5) is 29.7. The maximum Gasteiger partial charge on any atom is 0.335 e. The molecule has 246 valence electrons. The normalized spacial score (nSPS) is 30.1. The van der Waals surface area contributed by atoms with E-state index in [0.29, 0.717) is 50.0 Å². The average Bonchev–Trinajstić information content (AvgIpc) is 3.43. The number of piperidine rings is 2. The van der Waals surface area contributed by atoms with Crippen molar-refractivity contribution in [2.45, 2.75) is 140 Å². The zero-order chi connectivity index (χ0) is 32.7. The lowest BCUT2D eigenvalue weighted by Crippen LogP contribution is -2.64. The first-order chi connectivity index (χ1) is 20.1. The summed E-state index contributed by atoms with van der Waals surface area (Å²) in [5, 5.41) is 20.4. The molecule has 4 aliphatic rings. The Labute approximate surface area is 262 Å². The van der Waals surface area contributed by atoms with E-state index in [9.17, 15) is 19.8 Å². The first-order valence-electron chi connectivity index (χ1n) is 15.8. The fourth-order valence-electron chi connectivity index (χ4n) is 8.70. The number of carboxylic acids is 2. The van der Waals surface area contributed by atoms with Gasteiger partial charge in [-0.1, -0.05) is 0 Å². The topological polar surface area (TPSA) is 118 Å². The summed E-state index contributed by atoms with van der Waals surface area (Å²) >= 11 is 0. The summed E-state index contributed by atoms with van der Waals surface area (Å²) in [5.74, 6) is -3.79. The summed E-state index contributed by atoms with van der Waals surface area (Å²) < 4.78 is 26.1. The molecular formula is C34H52N2O8. The maximum absolute atomic E-state index is 12.5. The quantitative estimate of drug-likeness (QED) is 0.454. The molecule has 0 radical (unpaired) electrons. The van der Waals surface area contributed by atoms with Gasteiger partial charge in [-0.25, -0.2) is 9.59 Å². The van der Waals surface area contributed by atoms with E-state index < -0.39 is 35.7 Å². The molecule has 2 atom stereocenters. The molecule has 4 saturated heterocycles. The number of hydrogen-bond donors (Lipinski definition) is 2. The molecule has 4 aliphatic heterocycles. The zero-order valence-electron chi connectivity index (χ0n) is 28.2. The Kier molecular flexibility index (Phi) is 8.13. The number of hydrogen-bond acceptors (Lipinski definition) is 8. The minimum atomic E-state index is -1.10. The molecule has 4 heterocycles. The lowest BCUT2D eigenvalue weighted by molar-refractivity contribution is -0.242. The van der Waals surface area contributed by atoms with Crippen molar-refractivity contribution in [1.29, 1.82) is 0 Å². The van der Waals surface area contributed by atoms with Crippen LogP contribution in [-0.4, -0.2) is 105 Å². The van der Waals surface area contributed by atoms with Crippen molar-refractivity contribution in [2.75, 3.05) is 27.3 Å². The van der Waals surface area contributed by atoms with Gasteiger partial charge in [0.2, 0.25) is 0 Å². The van der Waals surface area contributed by atoms with Crippen LogP contribution in [0.4, 0.5) is 0 Å². The van der Waals surface area contributed by atoms with E-state index in [-0.39, 0.29) is 46.1 Å². The largest absolute Gasteiger partial charge is 0.478 e. The SMILES string of the molecule is CN1C(C)(C)CC2(CC1(C)C)OCC(Cc1c(C(=O)O)ccc(C(=O)O)c1CC1COC3(CC(C)(C)N(C)C(C)(C)C3)O1)O2. The van der Waals surface area contributed by atoms with Crippen molar-refractivity contribution in [3.8, 4) is 0 Å². The lowest BCUT2D eigenvalue weighted by Gasteiger charge is -2.56. The van der Waals surface area contributed by atoms with Crippen LogP contribution in [0.3, 0.4) is 0 Å². The highest BCUT2D eigenvalue weighted by Crippen LogP contribution is 2.49. The second-order valence-electron chi connectivity index (χ2n) is 16.1. The lowest BCUT2D eigenvalue weighted by atomic mass is 9.76. The van der Waals surface area contributed by atoms with Crippen LogP contribution in [0.25, 0.3) is 0 Å². The van der Waals surface area contributed by atoms with Gasteiger partial charge in [-0.05, 0) is 92.7 Å². The van der Waals surface area contributed by atoms with Crippen LogP contribution in [-0.2, 0) is 31.8 Å². The van der Waals surface area contributed by atoms with Crippen molar-refractivity contribution in [3.05, 3.63) is 34.4 Å². The minimum absolute atomic E-state index is 0.0776. The van der Waals surface area contributed by atoms with Crippen LogP contribution in [0.1, 0.15) is 113 Å². The highest BCUT2D eigenvalue weighted by atomic mass is 16.8. The number of ether oxygens (including phenoxy) is 4. The van der Waals surface area contributed by atoms with Crippen LogP contribution in [0, 0.1) is 0 Å². The van der Waals surface area contributed by atoms with Gasteiger partial charge in [0, 0.05) is 60.7 Å². The predicted octanol–water partition coefficient (Wildman–Crippen LogP) is 4.96. The molecule has 2 unspecified atom stereocenters. The van der Waals surface area contributed by atoms with Gasteiger partial charge in [-0.15, -0.1) is 0 Å². The van der Waals surface area contributed by atoms with E-state index in [1.165, 1.54) is 12.1 Å². The third kappa shape index (κ3) is 5.94. The van der Waals surface area contributed by atoms with E-state index in [4.69, 9.17) is 18.9 Å². The van der Waals surface area contributed by atoms with Crippen LogP contribution in [0.2, 0.25) is 0 Å². The summed E-state index contributed by atoms with van der Waals surface area (Å²) in [6.45, 7) is 18.0. The van der Waals surface area contributed by atoms with Gasteiger partial charge in [0.05, 0.1) is 36.5 Å². The van der Waals surface area contributed by atoms with Crippen LogP contribution in [0.15, 0.2) is 12.1 Å². The molecule has 10 nitrogen and oxygen atoms in total. The van der Waals surface area contributed by atoms with Crippen molar-refractivity contribution < 1.29 is 38.7 Å². The van der Waals surface area contributed by atoms with Gasteiger partial charge in [0.15, 0.2) is 11.6 Å². The van der Waals surface area contributed by atoms with Gasteiger partial charge in [0.1, 0.15) is 0 Å². The van der Waals surface area contributed by atoms with Crippen molar-refractivity contribution in [1.82, 2.24) is 9.80 Å². The second kappa shape index (κ2) is 10.7. The zero-order valence-corrected chi connectivity index (χ0v) is 28.2. The Balaban J connectivity index is 1.43. The van der Waals surface area contributed by atoms with Gasteiger partial charge in [-0.3, -0.25) is 9.80 Å². The molecule has 0 aromatic heterocycles. The minimum Gasteiger partial charge on any atom is -0.478 e. The number of benzene rings is 1. The number of carbonyl (C=O) groups is 2. The van der Waals surface area contributed by atoms with E-state index >= 15 is 0 Å². The Hall–Kier alpha value is -2.08. The van der Waals surface area contributed by atoms with Crippen molar-refractivity contribution >= 4 is 11.9 Å². The highest BCUT2D eigenvalue weighted by Gasteiger charge is 2.57. The average molecular weight is 617 g/mol. The molecule has 1 aromatic carbocycles. The Bertz CT molecular complexity index is 1180. The van der Waals surface area contributed by atoms with E-state index in [0.717, 1.165) is 0 Å². The smallest absolute Gasteiger partial charge is 0.335 e. The van der Waals surface area contributed by atoms with Crippen LogP contribution >= 0.6 is 0 Å². The molecule has 1 aromatic rings. The molecule has 0 saturated carbocycles. The third-order valence-electron chi connectivity index (χ3n) is 11.0. The number of rotatable bonds is 6. The molecule has 10 heteroatoms. The van der Waals surface area contributed by atoms with Crippen molar-refractivity contribution in [2.24, 2.45) is 0 Å². The molecule has 44 heavy (non-hydrogen) atoms. The fourth-order valence-corrected chi connectivity index (χ4v) is 8.70. The molecule has 2 N–H and O–H groups in total. The van der Waals surface area contributed by atoms with E-state index in [1.54, 1.807) is 0 Å². The van der Waals surface area contributed by atoms with Crippen LogP contribution < -0.4 is 0 Å².